The summed E-state index contributed by atoms with van der Waals surface area (Å²) in [5.74, 6) is 3.55. The molecule has 1 aliphatic heterocycles. The summed E-state index contributed by atoms with van der Waals surface area (Å²) in [4.78, 5) is 4.66. The Morgan fingerprint density at radius 2 is 2.47 bits per heavy atom. The largest absolute Gasteiger partial charge is 0.330 e. The molecule has 0 radical (unpaired) electrons. The van der Waals surface area contributed by atoms with Gasteiger partial charge in [0.2, 0.25) is 0 Å². The summed E-state index contributed by atoms with van der Waals surface area (Å²) >= 11 is 3.91. The van der Waals surface area contributed by atoms with Gasteiger partial charge in [0, 0.05) is 11.8 Å². The lowest BCUT2D eigenvalue weighted by Gasteiger charge is -2.03. The van der Waals surface area contributed by atoms with E-state index in [1.54, 1.807) is 0 Å². The van der Waals surface area contributed by atoms with Gasteiger partial charge < -0.3 is 5.73 Å². The van der Waals surface area contributed by atoms with Crippen molar-refractivity contribution in [1.82, 2.24) is 4.98 Å². The molecule has 1 atom stereocenters. The zero-order valence-electron chi connectivity index (χ0n) is 8.95. The number of thioether (sulfide) groups is 1. The fraction of sp³-hybridized carbons (Fsp3) is 0.727. The summed E-state index contributed by atoms with van der Waals surface area (Å²) in [5.41, 5.74) is 6.73. The highest BCUT2D eigenvalue weighted by atomic mass is 32.2. The van der Waals surface area contributed by atoms with Crippen molar-refractivity contribution in [2.75, 3.05) is 18.1 Å². The Morgan fingerprint density at radius 1 is 1.53 bits per heavy atom. The summed E-state index contributed by atoms with van der Waals surface area (Å²) in [6.07, 6.45) is 4.68. The Balaban J connectivity index is 1.83. The highest BCUT2D eigenvalue weighted by Gasteiger charge is 2.17. The van der Waals surface area contributed by atoms with Gasteiger partial charge in [-0.2, -0.15) is 11.8 Å². The van der Waals surface area contributed by atoms with Gasteiger partial charge in [-0.1, -0.05) is 0 Å². The highest BCUT2D eigenvalue weighted by Crippen LogP contribution is 2.27. The molecule has 0 aliphatic carbocycles. The first-order valence-corrected chi connectivity index (χ1v) is 7.63. The molecule has 1 saturated heterocycles. The Labute approximate surface area is 99.7 Å². The topological polar surface area (TPSA) is 38.9 Å². The number of hydrogen-bond acceptors (Lipinski definition) is 4. The minimum Gasteiger partial charge on any atom is -0.330 e. The molecular formula is C11H18N2S2. The van der Waals surface area contributed by atoms with Crippen LogP contribution in [0, 0.1) is 5.92 Å². The van der Waals surface area contributed by atoms with Crippen LogP contribution in [0.2, 0.25) is 0 Å². The van der Waals surface area contributed by atoms with Gasteiger partial charge >= 0.3 is 0 Å². The molecule has 1 aromatic heterocycles. The first kappa shape index (κ1) is 11.4. The van der Waals surface area contributed by atoms with Gasteiger partial charge in [0.1, 0.15) is 0 Å². The summed E-state index contributed by atoms with van der Waals surface area (Å²) < 4.78 is 0. The van der Waals surface area contributed by atoms with Gasteiger partial charge in [0.25, 0.3) is 0 Å². The van der Waals surface area contributed by atoms with Gasteiger partial charge in [0.05, 0.1) is 10.7 Å². The van der Waals surface area contributed by atoms with Crippen molar-refractivity contribution in [3.8, 4) is 0 Å². The standard InChI is InChI=1S/C11H18N2S2/c12-4-1-2-10-8-15-11(13-10)6-9-3-5-14-7-9/h8-9H,1-7,12H2. The van der Waals surface area contributed by atoms with Crippen molar-refractivity contribution in [3.05, 3.63) is 16.1 Å². The van der Waals surface area contributed by atoms with E-state index in [0.29, 0.717) is 0 Å². The van der Waals surface area contributed by atoms with E-state index in [1.807, 2.05) is 11.3 Å². The van der Waals surface area contributed by atoms with E-state index in [2.05, 4.69) is 22.1 Å². The third kappa shape index (κ3) is 3.47. The lowest BCUT2D eigenvalue weighted by molar-refractivity contribution is 0.592. The fourth-order valence-electron chi connectivity index (χ4n) is 1.83. The molecule has 2 heterocycles. The van der Waals surface area contributed by atoms with Crippen LogP contribution in [-0.4, -0.2) is 23.0 Å². The van der Waals surface area contributed by atoms with Crippen LogP contribution in [0.15, 0.2) is 5.38 Å². The van der Waals surface area contributed by atoms with Crippen molar-refractivity contribution in [3.63, 3.8) is 0 Å². The van der Waals surface area contributed by atoms with Gasteiger partial charge in [-0.3, -0.25) is 0 Å². The quantitative estimate of drug-likeness (QED) is 0.861. The molecule has 2 nitrogen and oxygen atoms in total. The van der Waals surface area contributed by atoms with Crippen LogP contribution in [-0.2, 0) is 12.8 Å². The lowest BCUT2D eigenvalue weighted by Crippen LogP contribution is -2.03. The second-order valence-electron chi connectivity index (χ2n) is 4.06. The Bertz CT molecular complexity index is 293. The van der Waals surface area contributed by atoms with Crippen LogP contribution in [0.25, 0.3) is 0 Å². The average Bonchev–Trinajstić information content (AvgIpc) is 2.87. The predicted molar refractivity (Wildman–Crippen MR) is 68.6 cm³/mol. The molecule has 84 valence electrons. The molecule has 15 heavy (non-hydrogen) atoms. The summed E-state index contributed by atoms with van der Waals surface area (Å²) in [6.45, 7) is 0.770. The van der Waals surface area contributed by atoms with Gasteiger partial charge in [-0.25, -0.2) is 4.98 Å². The first-order valence-electron chi connectivity index (χ1n) is 5.59. The van der Waals surface area contributed by atoms with Crippen LogP contribution >= 0.6 is 23.1 Å². The molecule has 0 bridgehead atoms. The van der Waals surface area contributed by atoms with Crippen molar-refractivity contribution < 1.29 is 0 Å². The zero-order chi connectivity index (χ0) is 10.5. The lowest BCUT2D eigenvalue weighted by atomic mass is 10.1. The average molecular weight is 242 g/mol. The minimum atomic E-state index is 0.770. The maximum absolute atomic E-state index is 5.49. The van der Waals surface area contributed by atoms with Gasteiger partial charge in [0.15, 0.2) is 0 Å². The van der Waals surface area contributed by atoms with Crippen LogP contribution in [0.4, 0.5) is 0 Å². The molecule has 1 aromatic rings. The normalized spacial score (nSPS) is 21.0. The molecule has 0 amide bonds. The predicted octanol–water partition coefficient (Wildman–Crippen LogP) is 2.33. The van der Waals surface area contributed by atoms with E-state index < -0.39 is 0 Å². The second-order valence-corrected chi connectivity index (χ2v) is 6.15. The van der Waals surface area contributed by atoms with Crippen molar-refractivity contribution in [2.24, 2.45) is 11.7 Å². The minimum absolute atomic E-state index is 0.770. The molecule has 1 fully saturated rings. The first-order chi connectivity index (χ1) is 7.38. The van der Waals surface area contributed by atoms with Crippen LogP contribution < -0.4 is 5.73 Å². The van der Waals surface area contributed by atoms with E-state index in [9.17, 15) is 0 Å². The van der Waals surface area contributed by atoms with Crippen LogP contribution in [0.1, 0.15) is 23.5 Å². The molecule has 0 aromatic carbocycles. The van der Waals surface area contributed by atoms with Crippen molar-refractivity contribution >= 4 is 23.1 Å². The van der Waals surface area contributed by atoms with E-state index in [0.717, 1.165) is 25.3 Å². The van der Waals surface area contributed by atoms with Gasteiger partial charge in [-0.15, -0.1) is 11.3 Å². The molecule has 0 saturated carbocycles. The summed E-state index contributed by atoms with van der Waals surface area (Å²) in [6, 6.07) is 0. The molecule has 4 heteroatoms. The van der Waals surface area contributed by atoms with Crippen LogP contribution in [0.5, 0.6) is 0 Å². The van der Waals surface area contributed by atoms with Crippen molar-refractivity contribution in [2.45, 2.75) is 25.7 Å². The van der Waals surface area contributed by atoms with E-state index in [1.165, 1.54) is 35.0 Å². The fourth-order valence-corrected chi connectivity index (χ4v) is 4.06. The van der Waals surface area contributed by atoms with Gasteiger partial charge in [-0.05, 0) is 43.2 Å². The summed E-state index contributed by atoms with van der Waals surface area (Å²) in [5, 5.41) is 3.53. The Morgan fingerprint density at radius 3 is 3.20 bits per heavy atom. The molecule has 2 N–H and O–H groups in total. The van der Waals surface area contributed by atoms with E-state index >= 15 is 0 Å². The molecular weight excluding hydrogens is 224 g/mol. The number of nitrogens with two attached hydrogens (primary N) is 1. The highest BCUT2D eigenvalue weighted by molar-refractivity contribution is 7.99. The van der Waals surface area contributed by atoms with E-state index in [-0.39, 0.29) is 0 Å². The monoisotopic (exact) mass is 242 g/mol. The Kier molecular flexibility index (Phi) is 4.47. The SMILES string of the molecule is NCCCc1csc(CC2CCSC2)n1. The number of nitrogens with zero attached hydrogens (tertiary/aromatic N) is 1. The number of thiazole rings is 1. The maximum Gasteiger partial charge on any atom is 0.0931 e. The molecule has 1 unspecified atom stereocenters. The smallest absolute Gasteiger partial charge is 0.0931 e. The number of hydrogen-bond donors (Lipinski definition) is 1. The third-order valence-corrected chi connectivity index (χ3v) is 4.88. The maximum atomic E-state index is 5.49. The number of aromatic nitrogens is 1. The summed E-state index contributed by atoms with van der Waals surface area (Å²) in [7, 11) is 0. The number of rotatable bonds is 5. The second kappa shape index (κ2) is 5.87. The molecule has 1 aliphatic rings. The third-order valence-electron chi connectivity index (χ3n) is 2.72. The Hall–Kier alpha value is -0.0600. The number of aryl methyl sites for hydroxylation is 1. The van der Waals surface area contributed by atoms with Crippen LogP contribution in [0.3, 0.4) is 0 Å². The van der Waals surface area contributed by atoms with Crippen molar-refractivity contribution in [1.29, 1.82) is 0 Å². The van der Waals surface area contributed by atoms with E-state index in [4.69, 9.17) is 5.73 Å². The molecule has 0 spiro atoms. The molecule has 2 rings (SSSR count). The zero-order valence-corrected chi connectivity index (χ0v) is 10.6.